The predicted octanol–water partition coefficient (Wildman–Crippen LogP) is 4.66. The highest BCUT2D eigenvalue weighted by Crippen LogP contribution is 2.22. The summed E-state index contributed by atoms with van der Waals surface area (Å²) in [6.07, 6.45) is 0. The Labute approximate surface area is 158 Å². The third-order valence-electron chi connectivity index (χ3n) is 4.08. The van der Waals surface area contributed by atoms with Crippen LogP contribution in [0.1, 0.15) is 36.7 Å². The number of carbonyl (C=O) groups excluding carboxylic acids is 1. The molecule has 0 unspecified atom stereocenters. The fourth-order valence-electron chi connectivity index (χ4n) is 2.58. The van der Waals surface area contributed by atoms with Crippen molar-refractivity contribution in [2.75, 3.05) is 5.32 Å². The Balaban J connectivity index is 1.66. The molecule has 132 valence electrons. The van der Waals surface area contributed by atoms with E-state index in [1.54, 1.807) is 0 Å². The van der Waals surface area contributed by atoms with Gasteiger partial charge in [-0.1, -0.05) is 51.1 Å². The van der Waals surface area contributed by atoms with Gasteiger partial charge in [-0.25, -0.2) is 4.98 Å². The number of thiocarbonyl (C=S) groups is 1. The van der Waals surface area contributed by atoms with Crippen LogP contribution in [0.15, 0.2) is 60.7 Å². The highest BCUT2D eigenvalue weighted by Gasteiger charge is 2.14. The number of para-hydroxylation sites is 1. The zero-order chi connectivity index (χ0) is 18.7. The first-order valence-electron chi connectivity index (χ1n) is 8.41. The van der Waals surface area contributed by atoms with Gasteiger partial charge < -0.3 is 5.32 Å². The second-order valence-corrected chi connectivity index (χ2v) is 7.53. The third kappa shape index (κ3) is 4.24. The lowest BCUT2D eigenvalue weighted by molar-refractivity contribution is 0.0977. The van der Waals surface area contributed by atoms with Gasteiger partial charge in [0.05, 0.1) is 5.52 Å². The maximum atomic E-state index is 12.4. The number of hydrogen-bond acceptors (Lipinski definition) is 3. The lowest BCUT2D eigenvalue weighted by atomic mass is 9.87. The van der Waals surface area contributed by atoms with Crippen LogP contribution in [-0.4, -0.2) is 16.0 Å². The normalized spacial score (nSPS) is 11.2. The Morgan fingerprint density at radius 3 is 2.35 bits per heavy atom. The molecule has 2 N–H and O–H groups in total. The Bertz CT molecular complexity index is 959. The molecule has 2 aromatic carbocycles. The number of benzene rings is 2. The van der Waals surface area contributed by atoms with Crippen LogP contribution in [0.2, 0.25) is 0 Å². The van der Waals surface area contributed by atoms with Crippen LogP contribution < -0.4 is 10.6 Å². The fraction of sp³-hybridized carbons (Fsp3) is 0.190. The summed E-state index contributed by atoms with van der Waals surface area (Å²) < 4.78 is 0. The summed E-state index contributed by atoms with van der Waals surface area (Å²) in [7, 11) is 0. The number of rotatable bonds is 2. The highest BCUT2D eigenvalue weighted by atomic mass is 32.1. The van der Waals surface area contributed by atoms with Crippen molar-refractivity contribution in [1.29, 1.82) is 0 Å². The van der Waals surface area contributed by atoms with E-state index in [2.05, 4.69) is 36.4 Å². The molecular weight excluding hydrogens is 342 g/mol. The van der Waals surface area contributed by atoms with Gasteiger partial charge in [0, 0.05) is 10.9 Å². The third-order valence-corrected chi connectivity index (χ3v) is 4.28. The smallest absolute Gasteiger partial charge is 0.257 e. The first-order chi connectivity index (χ1) is 12.3. The van der Waals surface area contributed by atoms with Gasteiger partial charge in [-0.3, -0.25) is 10.1 Å². The van der Waals surface area contributed by atoms with Crippen molar-refractivity contribution < 1.29 is 4.79 Å². The Morgan fingerprint density at radius 1 is 0.962 bits per heavy atom. The standard InChI is InChI=1S/C21H21N3OS/c1-21(2,3)16-11-8-15(9-12-16)19(25)24-20(26)23-18-13-10-14-6-4-5-7-17(14)22-18/h4-13H,1-3H3,(H2,22,23,24,25,26). The first-order valence-corrected chi connectivity index (χ1v) is 8.82. The van der Waals surface area contributed by atoms with Crippen LogP contribution in [0.5, 0.6) is 0 Å². The molecule has 5 heteroatoms. The molecule has 0 aliphatic carbocycles. The number of carbonyl (C=O) groups is 1. The molecule has 0 saturated heterocycles. The minimum Gasteiger partial charge on any atom is -0.317 e. The largest absolute Gasteiger partial charge is 0.317 e. The quantitative estimate of drug-likeness (QED) is 0.650. The van der Waals surface area contributed by atoms with Crippen LogP contribution in [-0.2, 0) is 5.41 Å². The molecule has 0 radical (unpaired) electrons. The summed E-state index contributed by atoms with van der Waals surface area (Å²) in [4.78, 5) is 16.8. The summed E-state index contributed by atoms with van der Waals surface area (Å²) in [5.41, 5.74) is 2.65. The van der Waals surface area contributed by atoms with E-state index in [1.165, 1.54) is 5.56 Å². The Morgan fingerprint density at radius 2 is 1.65 bits per heavy atom. The van der Waals surface area contributed by atoms with Crippen molar-refractivity contribution in [2.24, 2.45) is 0 Å². The topological polar surface area (TPSA) is 54.0 Å². The zero-order valence-corrected chi connectivity index (χ0v) is 15.9. The second-order valence-electron chi connectivity index (χ2n) is 7.12. The van der Waals surface area contributed by atoms with Crippen molar-refractivity contribution in [2.45, 2.75) is 26.2 Å². The molecule has 0 bridgehead atoms. The number of amides is 1. The van der Waals surface area contributed by atoms with E-state index in [0.29, 0.717) is 11.4 Å². The molecule has 0 aliphatic rings. The second kappa shape index (κ2) is 7.22. The van der Waals surface area contributed by atoms with Crippen molar-refractivity contribution >= 4 is 40.0 Å². The van der Waals surface area contributed by atoms with Crippen molar-refractivity contribution in [3.63, 3.8) is 0 Å². The maximum Gasteiger partial charge on any atom is 0.257 e. The number of aromatic nitrogens is 1. The number of fused-ring (bicyclic) bond motifs is 1. The van der Waals surface area contributed by atoms with Gasteiger partial charge >= 0.3 is 0 Å². The molecule has 3 rings (SSSR count). The van der Waals surface area contributed by atoms with Gasteiger partial charge in [0.25, 0.3) is 5.91 Å². The molecule has 0 spiro atoms. The summed E-state index contributed by atoms with van der Waals surface area (Å²) in [5.74, 6) is 0.348. The maximum absolute atomic E-state index is 12.4. The van der Waals surface area contributed by atoms with Gasteiger partial charge in [0.15, 0.2) is 5.11 Å². The van der Waals surface area contributed by atoms with Crippen molar-refractivity contribution in [1.82, 2.24) is 10.3 Å². The van der Waals surface area contributed by atoms with Crippen LogP contribution >= 0.6 is 12.2 Å². The van der Waals surface area contributed by atoms with Gasteiger partial charge in [0.1, 0.15) is 5.82 Å². The number of nitrogens with one attached hydrogen (secondary N) is 2. The molecular formula is C21H21N3OS. The van der Waals surface area contributed by atoms with Gasteiger partial charge in [-0.15, -0.1) is 0 Å². The Kier molecular flexibility index (Phi) is 5.00. The van der Waals surface area contributed by atoms with E-state index in [9.17, 15) is 4.79 Å². The molecule has 0 atom stereocenters. The van der Waals surface area contributed by atoms with E-state index in [0.717, 1.165) is 10.9 Å². The minimum atomic E-state index is -0.247. The minimum absolute atomic E-state index is 0.0492. The van der Waals surface area contributed by atoms with Crippen molar-refractivity contribution in [3.8, 4) is 0 Å². The average molecular weight is 363 g/mol. The van der Waals surface area contributed by atoms with Crippen LogP contribution in [0.4, 0.5) is 5.82 Å². The molecule has 3 aromatic rings. The predicted molar refractivity (Wildman–Crippen MR) is 111 cm³/mol. The van der Waals surface area contributed by atoms with Gasteiger partial charge in [0.2, 0.25) is 0 Å². The van der Waals surface area contributed by atoms with Gasteiger partial charge in [-0.05, 0) is 53.5 Å². The summed E-state index contributed by atoms with van der Waals surface area (Å²) in [5, 5.41) is 6.92. The Hall–Kier alpha value is -2.79. The molecule has 0 fully saturated rings. The van der Waals surface area contributed by atoms with Gasteiger partial charge in [-0.2, -0.15) is 0 Å². The number of anilines is 1. The molecule has 1 aromatic heterocycles. The summed E-state index contributed by atoms with van der Waals surface area (Å²) in [6, 6.07) is 19.2. The van der Waals surface area contributed by atoms with E-state index in [-0.39, 0.29) is 16.4 Å². The molecule has 0 saturated carbocycles. The molecule has 1 heterocycles. The number of nitrogens with zero attached hydrogens (tertiary/aromatic N) is 1. The number of pyridine rings is 1. The van der Waals surface area contributed by atoms with E-state index in [4.69, 9.17) is 12.2 Å². The van der Waals surface area contributed by atoms with Crippen LogP contribution in [0.25, 0.3) is 10.9 Å². The highest BCUT2D eigenvalue weighted by molar-refractivity contribution is 7.80. The van der Waals surface area contributed by atoms with E-state index < -0.39 is 0 Å². The average Bonchev–Trinajstić information content (AvgIpc) is 2.61. The lowest BCUT2D eigenvalue weighted by Gasteiger charge is -2.19. The first kappa shape index (κ1) is 18.0. The van der Waals surface area contributed by atoms with Crippen LogP contribution in [0.3, 0.4) is 0 Å². The zero-order valence-electron chi connectivity index (χ0n) is 15.0. The van der Waals surface area contributed by atoms with E-state index in [1.807, 2.05) is 60.7 Å². The molecule has 4 nitrogen and oxygen atoms in total. The fourth-order valence-corrected chi connectivity index (χ4v) is 2.78. The summed E-state index contributed by atoms with van der Waals surface area (Å²) >= 11 is 5.24. The SMILES string of the molecule is CC(C)(C)c1ccc(C(=O)NC(=S)Nc2ccc3ccccc3n2)cc1. The van der Waals surface area contributed by atoms with E-state index >= 15 is 0 Å². The van der Waals surface area contributed by atoms with Crippen LogP contribution in [0, 0.1) is 0 Å². The number of hydrogen-bond donors (Lipinski definition) is 2. The molecule has 26 heavy (non-hydrogen) atoms. The summed E-state index contributed by atoms with van der Waals surface area (Å²) in [6.45, 7) is 6.41. The molecule has 0 aliphatic heterocycles. The lowest BCUT2D eigenvalue weighted by Crippen LogP contribution is -2.34. The van der Waals surface area contributed by atoms with Crippen molar-refractivity contribution in [3.05, 3.63) is 71.8 Å². The monoisotopic (exact) mass is 363 g/mol. The molecule has 1 amide bonds.